The number of primary amides is 1. The molecule has 1 amide bonds. The Morgan fingerprint density at radius 1 is 1.33 bits per heavy atom. The van der Waals surface area contributed by atoms with Gasteiger partial charge >= 0.3 is 0 Å². The summed E-state index contributed by atoms with van der Waals surface area (Å²) in [7, 11) is 0. The monoisotopic (exact) mass is 350 g/mol. The van der Waals surface area contributed by atoms with Gasteiger partial charge in [0, 0.05) is 6.54 Å². The van der Waals surface area contributed by atoms with Crippen molar-refractivity contribution in [2.24, 2.45) is 5.73 Å². The third-order valence-corrected chi connectivity index (χ3v) is 3.50. The molecular formula is C14H15BrN4O2. The summed E-state index contributed by atoms with van der Waals surface area (Å²) < 4.78 is 1.65. The zero-order valence-corrected chi connectivity index (χ0v) is 12.8. The normalized spacial score (nSPS) is 10.3. The standard InChI is InChI=1S/C14H15BrN4O2/c15-11-8-18-13(14(21)19(11)9-12(16)20)17-7-6-10-4-2-1-3-5-10/h1-5,8H,6-7,9H2,(H2,16,20)(H,17,18). The van der Waals surface area contributed by atoms with E-state index in [0.29, 0.717) is 11.1 Å². The summed E-state index contributed by atoms with van der Waals surface area (Å²) in [5.74, 6) is -0.380. The molecule has 0 spiro atoms. The van der Waals surface area contributed by atoms with Gasteiger partial charge in [-0.1, -0.05) is 30.3 Å². The van der Waals surface area contributed by atoms with E-state index in [1.165, 1.54) is 16.3 Å². The third-order valence-electron chi connectivity index (χ3n) is 2.87. The molecule has 0 saturated heterocycles. The van der Waals surface area contributed by atoms with Gasteiger partial charge in [0.25, 0.3) is 5.56 Å². The number of halogens is 1. The highest BCUT2D eigenvalue weighted by atomic mass is 79.9. The van der Waals surface area contributed by atoms with Gasteiger partial charge < -0.3 is 11.1 Å². The minimum atomic E-state index is -0.584. The molecule has 1 aromatic carbocycles. The van der Waals surface area contributed by atoms with Gasteiger partial charge in [0.1, 0.15) is 11.1 Å². The lowest BCUT2D eigenvalue weighted by Crippen LogP contribution is -2.31. The van der Waals surface area contributed by atoms with E-state index in [2.05, 4.69) is 26.2 Å². The minimum Gasteiger partial charge on any atom is -0.368 e. The Hall–Kier alpha value is -2.15. The minimum absolute atomic E-state index is 0.185. The fourth-order valence-electron chi connectivity index (χ4n) is 1.86. The molecule has 2 aromatic rings. The highest BCUT2D eigenvalue weighted by Crippen LogP contribution is 2.07. The van der Waals surface area contributed by atoms with Gasteiger partial charge in [-0.2, -0.15) is 0 Å². The van der Waals surface area contributed by atoms with Crippen LogP contribution in [0.15, 0.2) is 45.9 Å². The molecule has 7 heteroatoms. The highest BCUT2D eigenvalue weighted by Gasteiger charge is 2.10. The van der Waals surface area contributed by atoms with Crippen LogP contribution in [0.3, 0.4) is 0 Å². The quantitative estimate of drug-likeness (QED) is 0.817. The van der Waals surface area contributed by atoms with Crippen molar-refractivity contribution >= 4 is 27.7 Å². The maximum atomic E-state index is 12.2. The number of hydrogen-bond donors (Lipinski definition) is 2. The number of carbonyl (C=O) groups excluding carboxylic acids is 1. The number of hydrogen-bond acceptors (Lipinski definition) is 4. The van der Waals surface area contributed by atoms with Gasteiger partial charge in [0.05, 0.1) is 6.20 Å². The second-order valence-electron chi connectivity index (χ2n) is 4.45. The van der Waals surface area contributed by atoms with Crippen molar-refractivity contribution in [2.45, 2.75) is 13.0 Å². The predicted molar refractivity (Wildman–Crippen MR) is 84.0 cm³/mol. The molecular weight excluding hydrogens is 336 g/mol. The molecule has 0 radical (unpaired) electrons. The van der Waals surface area contributed by atoms with E-state index in [4.69, 9.17) is 5.73 Å². The second kappa shape index (κ2) is 7.03. The summed E-state index contributed by atoms with van der Waals surface area (Å²) in [6, 6.07) is 9.92. The Bertz CT molecular complexity index is 685. The molecule has 21 heavy (non-hydrogen) atoms. The largest absolute Gasteiger partial charge is 0.368 e. The lowest BCUT2D eigenvalue weighted by molar-refractivity contribution is -0.118. The first-order valence-electron chi connectivity index (χ1n) is 6.39. The number of anilines is 1. The Balaban J connectivity index is 2.07. The number of aromatic nitrogens is 2. The number of nitrogens with one attached hydrogen (secondary N) is 1. The van der Waals surface area contributed by atoms with E-state index in [-0.39, 0.29) is 17.9 Å². The Morgan fingerprint density at radius 2 is 2.05 bits per heavy atom. The van der Waals surface area contributed by atoms with Crippen molar-refractivity contribution in [2.75, 3.05) is 11.9 Å². The van der Waals surface area contributed by atoms with Crippen LogP contribution in [-0.2, 0) is 17.8 Å². The fourth-order valence-corrected chi connectivity index (χ4v) is 2.25. The Morgan fingerprint density at radius 3 is 2.71 bits per heavy atom. The molecule has 2 rings (SSSR count). The van der Waals surface area contributed by atoms with Crippen molar-refractivity contribution in [1.82, 2.24) is 9.55 Å². The van der Waals surface area contributed by atoms with Crippen LogP contribution in [0, 0.1) is 0 Å². The van der Waals surface area contributed by atoms with Gasteiger partial charge in [-0.15, -0.1) is 0 Å². The summed E-state index contributed by atoms with van der Waals surface area (Å²) in [6.07, 6.45) is 2.24. The number of rotatable bonds is 6. The molecule has 0 atom stereocenters. The van der Waals surface area contributed by atoms with Gasteiger partial charge in [-0.3, -0.25) is 14.2 Å². The van der Waals surface area contributed by atoms with E-state index >= 15 is 0 Å². The lowest BCUT2D eigenvalue weighted by atomic mass is 10.1. The fraction of sp³-hybridized carbons (Fsp3) is 0.214. The Kier molecular flexibility index (Phi) is 5.10. The third kappa shape index (κ3) is 4.16. The molecule has 0 fully saturated rings. The maximum absolute atomic E-state index is 12.2. The highest BCUT2D eigenvalue weighted by molar-refractivity contribution is 9.10. The predicted octanol–water partition coefficient (Wildman–Crippen LogP) is 1.15. The van der Waals surface area contributed by atoms with E-state index in [1.807, 2.05) is 30.3 Å². The molecule has 1 heterocycles. The van der Waals surface area contributed by atoms with Crippen LogP contribution in [-0.4, -0.2) is 22.0 Å². The van der Waals surface area contributed by atoms with Crippen molar-refractivity contribution in [1.29, 1.82) is 0 Å². The number of nitrogens with zero attached hydrogens (tertiary/aromatic N) is 2. The zero-order valence-electron chi connectivity index (χ0n) is 11.3. The first-order chi connectivity index (χ1) is 10.1. The van der Waals surface area contributed by atoms with E-state index in [0.717, 1.165) is 6.42 Å². The summed E-state index contributed by atoms with van der Waals surface area (Å²) in [4.78, 5) is 27.2. The van der Waals surface area contributed by atoms with Crippen molar-refractivity contribution in [3.05, 3.63) is 57.0 Å². The lowest BCUT2D eigenvalue weighted by Gasteiger charge is -2.10. The van der Waals surface area contributed by atoms with Gasteiger partial charge in [0.2, 0.25) is 5.91 Å². The Labute approximate surface area is 130 Å². The first-order valence-corrected chi connectivity index (χ1v) is 7.18. The van der Waals surface area contributed by atoms with E-state index < -0.39 is 5.91 Å². The van der Waals surface area contributed by atoms with Crippen LogP contribution in [0.2, 0.25) is 0 Å². The topological polar surface area (TPSA) is 90.0 Å². The van der Waals surface area contributed by atoms with Crippen LogP contribution in [0.4, 0.5) is 5.82 Å². The van der Waals surface area contributed by atoms with Crippen molar-refractivity contribution in [3.63, 3.8) is 0 Å². The summed E-state index contributed by atoms with van der Waals surface area (Å²) in [5, 5.41) is 2.98. The smallest absolute Gasteiger partial charge is 0.294 e. The number of nitrogens with two attached hydrogens (primary N) is 1. The molecule has 6 nitrogen and oxygen atoms in total. The molecule has 0 aliphatic heterocycles. The average Bonchev–Trinajstić information content (AvgIpc) is 2.47. The molecule has 3 N–H and O–H groups in total. The number of carbonyl (C=O) groups is 1. The van der Waals surface area contributed by atoms with Crippen LogP contribution in [0.5, 0.6) is 0 Å². The van der Waals surface area contributed by atoms with Crippen LogP contribution in [0.1, 0.15) is 5.56 Å². The van der Waals surface area contributed by atoms with Gasteiger partial charge in [-0.05, 0) is 27.9 Å². The molecule has 0 aliphatic rings. The van der Waals surface area contributed by atoms with Crippen LogP contribution in [0.25, 0.3) is 0 Å². The van der Waals surface area contributed by atoms with Crippen LogP contribution < -0.4 is 16.6 Å². The number of amides is 1. The first kappa shape index (κ1) is 15.2. The molecule has 1 aromatic heterocycles. The van der Waals surface area contributed by atoms with Crippen LogP contribution >= 0.6 is 15.9 Å². The van der Waals surface area contributed by atoms with Crippen molar-refractivity contribution in [3.8, 4) is 0 Å². The second-order valence-corrected chi connectivity index (χ2v) is 5.26. The van der Waals surface area contributed by atoms with Gasteiger partial charge in [-0.25, -0.2) is 4.98 Å². The van der Waals surface area contributed by atoms with E-state index in [1.54, 1.807) is 0 Å². The number of benzene rings is 1. The molecule has 0 unspecified atom stereocenters. The zero-order chi connectivity index (χ0) is 15.2. The summed E-state index contributed by atoms with van der Waals surface area (Å²) in [5.41, 5.74) is 5.92. The maximum Gasteiger partial charge on any atom is 0.294 e. The molecule has 110 valence electrons. The molecule has 0 bridgehead atoms. The van der Waals surface area contributed by atoms with Crippen molar-refractivity contribution < 1.29 is 4.79 Å². The van der Waals surface area contributed by atoms with E-state index in [9.17, 15) is 9.59 Å². The van der Waals surface area contributed by atoms with Gasteiger partial charge in [0.15, 0.2) is 5.82 Å². The summed E-state index contributed by atoms with van der Waals surface area (Å²) >= 11 is 3.18. The average molecular weight is 351 g/mol. The molecule has 0 saturated carbocycles. The SMILES string of the molecule is NC(=O)Cn1c(Br)cnc(NCCc2ccccc2)c1=O. The summed E-state index contributed by atoms with van der Waals surface area (Å²) in [6.45, 7) is 0.389. The molecule has 0 aliphatic carbocycles.